The topological polar surface area (TPSA) is 35.0 Å². The molecule has 2 aromatic rings. The zero-order valence-corrected chi connectivity index (χ0v) is 10.4. The van der Waals surface area contributed by atoms with E-state index in [2.05, 4.69) is 25.9 Å². The van der Waals surface area contributed by atoms with Crippen molar-refractivity contribution in [3.8, 4) is 17.1 Å². The molecule has 0 spiro atoms. The van der Waals surface area contributed by atoms with Gasteiger partial charge in [0, 0.05) is 6.20 Å². The second-order valence-corrected chi connectivity index (χ2v) is 3.94. The SMILES string of the molecule is CCOc1ccccc1-c1nccc(Br)n1. The summed E-state index contributed by atoms with van der Waals surface area (Å²) in [4.78, 5) is 8.54. The molecule has 3 nitrogen and oxygen atoms in total. The number of halogens is 1. The highest BCUT2D eigenvalue weighted by Gasteiger charge is 2.07. The molecule has 1 aromatic heterocycles. The first-order valence-corrected chi connectivity index (χ1v) is 5.81. The number of nitrogens with zero attached hydrogens (tertiary/aromatic N) is 2. The smallest absolute Gasteiger partial charge is 0.164 e. The molecule has 1 aromatic carbocycles. The molecule has 0 fully saturated rings. The summed E-state index contributed by atoms with van der Waals surface area (Å²) in [6.45, 7) is 2.59. The lowest BCUT2D eigenvalue weighted by molar-refractivity contribution is 0.341. The van der Waals surface area contributed by atoms with E-state index in [4.69, 9.17) is 4.74 Å². The zero-order valence-electron chi connectivity index (χ0n) is 8.85. The number of aromatic nitrogens is 2. The fraction of sp³-hybridized carbons (Fsp3) is 0.167. The van der Waals surface area contributed by atoms with Crippen LogP contribution in [0.25, 0.3) is 11.4 Å². The Morgan fingerprint density at radius 1 is 1.25 bits per heavy atom. The van der Waals surface area contributed by atoms with Gasteiger partial charge in [0.1, 0.15) is 10.4 Å². The standard InChI is InChI=1S/C12H11BrN2O/c1-2-16-10-6-4-3-5-9(10)12-14-8-7-11(13)15-12/h3-8H,2H2,1H3. The molecule has 0 N–H and O–H groups in total. The third kappa shape index (κ3) is 2.39. The monoisotopic (exact) mass is 278 g/mol. The van der Waals surface area contributed by atoms with Crippen molar-refractivity contribution < 1.29 is 4.74 Å². The van der Waals surface area contributed by atoms with Crippen LogP contribution in [0.1, 0.15) is 6.92 Å². The predicted molar refractivity (Wildman–Crippen MR) is 66.3 cm³/mol. The first kappa shape index (κ1) is 11.1. The first-order valence-electron chi connectivity index (χ1n) is 5.02. The van der Waals surface area contributed by atoms with Gasteiger partial charge >= 0.3 is 0 Å². The van der Waals surface area contributed by atoms with E-state index in [1.807, 2.05) is 31.2 Å². The van der Waals surface area contributed by atoms with Gasteiger partial charge in [-0.3, -0.25) is 0 Å². The highest BCUT2D eigenvalue weighted by atomic mass is 79.9. The van der Waals surface area contributed by atoms with E-state index in [0.717, 1.165) is 15.9 Å². The number of ether oxygens (including phenoxy) is 1. The van der Waals surface area contributed by atoms with Crippen LogP contribution in [0.2, 0.25) is 0 Å². The number of hydrogen-bond acceptors (Lipinski definition) is 3. The maximum absolute atomic E-state index is 5.54. The van der Waals surface area contributed by atoms with Gasteiger partial charge in [0.05, 0.1) is 12.2 Å². The van der Waals surface area contributed by atoms with Crippen molar-refractivity contribution in [3.63, 3.8) is 0 Å². The molecule has 0 amide bonds. The van der Waals surface area contributed by atoms with E-state index in [1.54, 1.807) is 12.3 Å². The Hall–Kier alpha value is -1.42. The maximum Gasteiger partial charge on any atom is 0.164 e. The maximum atomic E-state index is 5.54. The van der Waals surface area contributed by atoms with Crippen LogP contribution >= 0.6 is 15.9 Å². The highest BCUT2D eigenvalue weighted by molar-refractivity contribution is 9.10. The minimum absolute atomic E-state index is 0.630. The van der Waals surface area contributed by atoms with Crippen LogP contribution in [0.5, 0.6) is 5.75 Å². The quantitative estimate of drug-likeness (QED) is 0.808. The summed E-state index contributed by atoms with van der Waals surface area (Å²) in [7, 11) is 0. The van der Waals surface area contributed by atoms with Crippen LogP contribution in [-0.2, 0) is 0 Å². The fourth-order valence-electron chi connectivity index (χ4n) is 1.40. The van der Waals surface area contributed by atoms with Crippen molar-refractivity contribution >= 4 is 15.9 Å². The average molecular weight is 279 g/mol. The fourth-order valence-corrected chi connectivity index (χ4v) is 1.69. The Kier molecular flexibility index (Phi) is 3.51. The van der Waals surface area contributed by atoms with E-state index in [1.165, 1.54) is 0 Å². The van der Waals surface area contributed by atoms with Crippen LogP contribution in [0.15, 0.2) is 41.1 Å². The van der Waals surface area contributed by atoms with Gasteiger partial charge in [0.15, 0.2) is 5.82 Å². The molecule has 82 valence electrons. The van der Waals surface area contributed by atoms with Crippen molar-refractivity contribution in [1.82, 2.24) is 9.97 Å². The Morgan fingerprint density at radius 2 is 2.06 bits per heavy atom. The highest BCUT2D eigenvalue weighted by Crippen LogP contribution is 2.27. The normalized spacial score (nSPS) is 10.1. The molecule has 16 heavy (non-hydrogen) atoms. The van der Waals surface area contributed by atoms with Gasteiger partial charge in [0.2, 0.25) is 0 Å². The van der Waals surface area contributed by atoms with Gasteiger partial charge in [0.25, 0.3) is 0 Å². The number of para-hydroxylation sites is 1. The summed E-state index contributed by atoms with van der Waals surface area (Å²) in [6.07, 6.45) is 1.72. The molecule has 1 heterocycles. The Morgan fingerprint density at radius 3 is 2.81 bits per heavy atom. The molecule has 0 radical (unpaired) electrons. The van der Waals surface area contributed by atoms with E-state index < -0.39 is 0 Å². The van der Waals surface area contributed by atoms with Crippen LogP contribution < -0.4 is 4.74 Å². The molecule has 0 saturated carbocycles. The molecule has 2 rings (SSSR count). The van der Waals surface area contributed by atoms with E-state index >= 15 is 0 Å². The lowest BCUT2D eigenvalue weighted by Crippen LogP contribution is -1.96. The molecule has 0 atom stereocenters. The number of benzene rings is 1. The van der Waals surface area contributed by atoms with Crippen LogP contribution in [0, 0.1) is 0 Å². The van der Waals surface area contributed by atoms with Gasteiger partial charge in [-0.25, -0.2) is 9.97 Å². The van der Waals surface area contributed by atoms with Crippen molar-refractivity contribution in [2.75, 3.05) is 6.61 Å². The second kappa shape index (κ2) is 5.07. The van der Waals surface area contributed by atoms with Crippen molar-refractivity contribution in [2.45, 2.75) is 6.92 Å². The zero-order chi connectivity index (χ0) is 11.4. The predicted octanol–water partition coefficient (Wildman–Crippen LogP) is 3.30. The Labute approximate surface area is 103 Å². The summed E-state index contributed by atoms with van der Waals surface area (Å²) < 4.78 is 6.30. The number of hydrogen-bond donors (Lipinski definition) is 0. The molecule has 0 aliphatic rings. The lowest BCUT2D eigenvalue weighted by Gasteiger charge is -2.08. The van der Waals surface area contributed by atoms with Crippen molar-refractivity contribution in [3.05, 3.63) is 41.1 Å². The van der Waals surface area contributed by atoms with Crippen LogP contribution in [-0.4, -0.2) is 16.6 Å². The van der Waals surface area contributed by atoms with Crippen molar-refractivity contribution in [2.24, 2.45) is 0 Å². The average Bonchev–Trinajstić information content (AvgIpc) is 2.30. The van der Waals surface area contributed by atoms with Crippen LogP contribution in [0.4, 0.5) is 0 Å². The van der Waals surface area contributed by atoms with Crippen molar-refractivity contribution in [1.29, 1.82) is 0 Å². The van der Waals surface area contributed by atoms with E-state index in [-0.39, 0.29) is 0 Å². The summed E-state index contributed by atoms with van der Waals surface area (Å²) in [5, 5.41) is 0. The van der Waals surface area contributed by atoms with Gasteiger partial charge < -0.3 is 4.74 Å². The van der Waals surface area contributed by atoms with Crippen LogP contribution in [0.3, 0.4) is 0 Å². The Balaban J connectivity index is 2.46. The minimum Gasteiger partial charge on any atom is -0.493 e. The Bertz CT molecular complexity index is 488. The minimum atomic E-state index is 0.630. The summed E-state index contributed by atoms with van der Waals surface area (Å²) in [6, 6.07) is 9.55. The second-order valence-electron chi connectivity index (χ2n) is 3.13. The third-order valence-corrected chi connectivity index (χ3v) is 2.49. The van der Waals surface area contributed by atoms with E-state index in [0.29, 0.717) is 12.4 Å². The van der Waals surface area contributed by atoms with Gasteiger partial charge in [-0.05, 0) is 41.1 Å². The molecule has 0 bridgehead atoms. The molecule has 0 unspecified atom stereocenters. The summed E-state index contributed by atoms with van der Waals surface area (Å²) in [5.41, 5.74) is 0.908. The molecule has 4 heteroatoms. The third-order valence-electron chi connectivity index (χ3n) is 2.05. The largest absolute Gasteiger partial charge is 0.493 e. The first-order chi connectivity index (χ1) is 7.81. The number of rotatable bonds is 3. The molecule has 0 aliphatic heterocycles. The lowest BCUT2D eigenvalue weighted by atomic mass is 10.2. The molecular weight excluding hydrogens is 268 g/mol. The molecule has 0 aliphatic carbocycles. The van der Waals surface area contributed by atoms with Gasteiger partial charge in [-0.15, -0.1) is 0 Å². The van der Waals surface area contributed by atoms with Gasteiger partial charge in [-0.1, -0.05) is 12.1 Å². The molecule has 0 saturated heterocycles. The molecular formula is C12H11BrN2O. The summed E-state index contributed by atoms with van der Waals surface area (Å²) in [5.74, 6) is 1.47. The van der Waals surface area contributed by atoms with E-state index in [9.17, 15) is 0 Å². The van der Waals surface area contributed by atoms with Gasteiger partial charge in [-0.2, -0.15) is 0 Å². The summed E-state index contributed by atoms with van der Waals surface area (Å²) >= 11 is 3.33.